The number of carbonyl (C=O) groups excluding carboxylic acids is 1. The van der Waals surface area contributed by atoms with Crippen LogP contribution in [0.5, 0.6) is 11.5 Å². The minimum atomic E-state index is -0.312. The van der Waals surface area contributed by atoms with Crippen LogP contribution in [0.1, 0.15) is 30.9 Å². The number of rotatable bonds is 6. The number of ether oxygens (including phenoxy) is 2. The van der Waals surface area contributed by atoms with Gasteiger partial charge in [0.2, 0.25) is 0 Å². The molecule has 4 nitrogen and oxygen atoms in total. The molecule has 2 aromatic rings. The Labute approximate surface area is 158 Å². The molecule has 1 amide bonds. The molecule has 1 aliphatic heterocycles. The summed E-state index contributed by atoms with van der Waals surface area (Å²) in [4.78, 5) is 12.6. The molecule has 1 saturated carbocycles. The highest BCUT2D eigenvalue weighted by molar-refractivity contribution is 6.06. The minimum absolute atomic E-state index is 0.174. The number of amides is 1. The third-order valence-corrected chi connectivity index (χ3v) is 4.82. The molecule has 0 spiro atoms. The maximum atomic E-state index is 13.4. The third-order valence-electron chi connectivity index (χ3n) is 4.82. The maximum Gasteiger partial charge on any atom is 0.251 e. The smallest absolute Gasteiger partial charge is 0.251 e. The van der Waals surface area contributed by atoms with Gasteiger partial charge in [-0.05, 0) is 61.6 Å². The second kappa shape index (κ2) is 7.43. The molecule has 4 rings (SSSR count). The second-order valence-electron chi connectivity index (χ2n) is 6.92. The summed E-state index contributed by atoms with van der Waals surface area (Å²) in [6, 6.07) is 11.9. The molecule has 1 N–H and O–H groups in total. The Balaban J connectivity index is 1.78. The first kappa shape index (κ1) is 17.6. The summed E-state index contributed by atoms with van der Waals surface area (Å²) in [6.07, 6.45) is 2.44. The van der Waals surface area contributed by atoms with Gasteiger partial charge in [0, 0.05) is 17.7 Å². The number of halogens is 1. The van der Waals surface area contributed by atoms with E-state index in [2.05, 4.69) is 5.32 Å². The molecular weight excluding hydrogens is 345 g/mol. The largest absolute Gasteiger partial charge is 0.493 e. The number of hydrogen-bond acceptors (Lipinski definition) is 3. The highest BCUT2D eigenvalue weighted by atomic mass is 19.1. The highest BCUT2D eigenvalue weighted by Crippen LogP contribution is 2.40. The van der Waals surface area contributed by atoms with E-state index in [1.165, 1.54) is 25.0 Å². The predicted octanol–water partition coefficient (Wildman–Crippen LogP) is 3.94. The molecule has 1 fully saturated rings. The summed E-state index contributed by atoms with van der Waals surface area (Å²) < 4.78 is 25.2. The van der Waals surface area contributed by atoms with E-state index in [1.807, 2.05) is 25.1 Å². The van der Waals surface area contributed by atoms with E-state index in [4.69, 9.17) is 9.47 Å². The third kappa shape index (κ3) is 3.82. The molecule has 0 aromatic heterocycles. The van der Waals surface area contributed by atoms with Crippen LogP contribution < -0.4 is 14.8 Å². The summed E-state index contributed by atoms with van der Waals surface area (Å²) in [7, 11) is 0. The van der Waals surface area contributed by atoms with E-state index in [0.29, 0.717) is 30.4 Å². The zero-order valence-electron chi connectivity index (χ0n) is 15.3. The van der Waals surface area contributed by atoms with E-state index in [9.17, 15) is 9.18 Å². The maximum absolute atomic E-state index is 13.4. The van der Waals surface area contributed by atoms with Gasteiger partial charge < -0.3 is 14.8 Å². The Hall–Kier alpha value is -2.82. The Bertz CT molecular complexity index is 885. The number of likely N-dealkylation sites (N-methyl/N-ethyl adjacent to an activating group) is 1. The van der Waals surface area contributed by atoms with Crippen LogP contribution in [0.3, 0.4) is 0 Å². The lowest BCUT2D eigenvalue weighted by atomic mass is 9.90. The van der Waals surface area contributed by atoms with Crippen LogP contribution in [0.25, 0.3) is 5.57 Å². The van der Waals surface area contributed by atoms with Crippen molar-refractivity contribution in [2.24, 2.45) is 5.92 Å². The second-order valence-corrected chi connectivity index (χ2v) is 6.92. The molecule has 2 aromatic carbocycles. The van der Waals surface area contributed by atoms with Crippen LogP contribution in [0.2, 0.25) is 0 Å². The molecule has 2 aliphatic rings. The fourth-order valence-corrected chi connectivity index (χ4v) is 3.20. The first-order valence-electron chi connectivity index (χ1n) is 9.33. The standard InChI is InChI=1S/C22H22FNO3/c1-2-24-22(25)19-13-27-20-10-9-17(26-12-14-3-4-14)11-18(20)21(19)15-5-7-16(23)8-6-15/h5-11,14H,2-4,12-13H2,1H3,(H,24,25). The van der Waals surface area contributed by atoms with Gasteiger partial charge in [0.15, 0.2) is 0 Å². The van der Waals surface area contributed by atoms with E-state index >= 15 is 0 Å². The summed E-state index contributed by atoms with van der Waals surface area (Å²) in [6.45, 7) is 3.28. The van der Waals surface area contributed by atoms with E-state index in [0.717, 1.165) is 22.4 Å². The van der Waals surface area contributed by atoms with Crippen LogP contribution in [0.4, 0.5) is 4.39 Å². The van der Waals surface area contributed by atoms with Crippen LogP contribution in [-0.4, -0.2) is 25.7 Å². The van der Waals surface area contributed by atoms with Crippen molar-refractivity contribution in [1.82, 2.24) is 5.32 Å². The molecular formula is C22H22FNO3. The quantitative estimate of drug-likeness (QED) is 0.841. The Kier molecular flexibility index (Phi) is 4.84. The van der Waals surface area contributed by atoms with Crippen LogP contribution in [0.15, 0.2) is 48.0 Å². The van der Waals surface area contributed by atoms with E-state index < -0.39 is 0 Å². The van der Waals surface area contributed by atoms with Gasteiger partial charge in [0.05, 0.1) is 12.2 Å². The van der Waals surface area contributed by atoms with Crippen molar-refractivity contribution in [3.8, 4) is 11.5 Å². The van der Waals surface area contributed by atoms with Gasteiger partial charge in [-0.1, -0.05) is 12.1 Å². The van der Waals surface area contributed by atoms with E-state index in [-0.39, 0.29) is 18.3 Å². The van der Waals surface area contributed by atoms with Gasteiger partial charge >= 0.3 is 0 Å². The number of benzene rings is 2. The van der Waals surface area contributed by atoms with Crippen molar-refractivity contribution < 1.29 is 18.7 Å². The number of nitrogens with one attached hydrogen (secondary N) is 1. The summed E-state index contributed by atoms with van der Waals surface area (Å²) in [5.74, 6) is 1.61. The average Bonchev–Trinajstić information content (AvgIpc) is 3.51. The lowest BCUT2D eigenvalue weighted by Gasteiger charge is -2.24. The molecule has 0 radical (unpaired) electrons. The van der Waals surface area contributed by atoms with Crippen LogP contribution in [-0.2, 0) is 4.79 Å². The SMILES string of the molecule is CCNC(=O)C1=C(c2ccc(F)cc2)c2cc(OCC3CC3)ccc2OC1. The van der Waals surface area contributed by atoms with Crippen molar-refractivity contribution in [3.63, 3.8) is 0 Å². The molecule has 140 valence electrons. The van der Waals surface area contributed by atoms with Crippen molar-refractivity contribution >= 4 is 11.5 Å². The zero-order chi connectivity index (χ0) is 18.8. The zero-order valence-corrected chi connectivity index (χ0v) is 15.3. The van der Waals surface area contributed by atoms with E-state index in [1.54, 1.807) is 12.1 Å². The molecule has 1 aliphatic carbocycles. The normalized spacial score (nSPS) is 15.8. The van der Waals surface area contributed by atoms with Gasteiger partial charge in [-0.2, -0.15) is 0 Å². The Morgan fingerprint density at radius 1 is 1.22 bits per heavy atom. The van der Waals surface area contributed by atoms with Crippen molar-refractivity contribution in [1.29, 1.82) is 0 Å². The van der Waals surface area contributed by atoms with Crippen molar-refractivity contribution in [2.75, 3.05) is 19.8 Å². The van der Waals surface area contributed by atoms with Crippen LogP contribution in [0, 0.1) is 11.7 Å². The number of fused-ring (bicyclic) bond motifs is 1. The van der Waals surface area contributed by atoms with Crippen molar-refractivity contribution in [3.05, 3.63) is 65.0 Å². The van der Waals surface area contributed by atoms with Crippen LogP contribution >= 0.6 is 0 Å². The predicted molar refractivity (Wildman–Crippen MR) is 101 cm³/mol. The molecule has 0 unspecified atom stereocenters. The molecule has 27 heavy (non-hydrogen) atoms. The minimum Gasteiger partial charge on any atom is -0.493 e. The summed E-state index contributed by atoms with van der Waals surface area (Å²) in [5, 5.41) is 2.84. The lowest BCUT2D eigenvalue weighted by molar-refractivity contribution is -0.117. The van der Waals surface area contributed by atoms with Gasteiger partial charge in [0.25, 0.3) is 5.91 Å². The van der Waals surface area contributed by atoms with Gasteiger partial charge in [0.1, 0.15) is 23.9 Å². The number of hydrogen-bond donors (Lipinski definition) is 1. The monoisotopic (exact) mass is 367 g/mol. The Morgan fingerprint density at radius 2 is 2.00 bits per heavy atom. The van der Waals surface area contributed by atoms with Gasteiger partial charge in [-0.3, -0.25) is 4.79 Å². The highest BCUT2D eigenvalue weighted by Gasteiger charge is 2.27. The van der Waals surface area contributed by atoms with Gasteiger partial charge in [-0.25, -0.2) is 4.39 Å². The first-order chi connectivity index (χ1) is 13.2. The molecule has 1 heterocycles. The molecule has 5 heteroatoms. The summed E-state index contributed by atoms with van der Waals surface area (Å²) in [5.41, 5.74) is 2.87. The molecule has 0 atom stereocenters. The average molecular weight is 367 g/mol. The molecule has 0 bridgehead atoms. The van der Waals surface area contributed by atoms with Gasteiger partial charge in [-0.15, -0.1) is 0 Å². The topological polar surface area (TPSA) is 47.6 Å². The Morgan fingerprint density at radius 3 is 2.70 bits per heavy atom. The number of carbonyl (C=O) groups is 1. The van der Waals surface area contributed by atoms with Crippen molar-refractivity contribution in [2.45, 2.75) is 19.8 Å². The summed E-state index contributed by atoms with van der Waals surface area (Å²) >= 11 is 0. The first-order valence-corrected chi connectivity index (χ1v) is 9.33. The fourth-order valence-electron chi connectivity index (χ4n) is 3.20. The molecule has 0 saturated heterocycles. The lowest BCUT2D eigenvalue weighted by Crippen LogP contribution is -2.30. The fraction of sp³-hybridized carbons (Fsp3) is 0.318.